The molecule has 4 heteroatoms. The highest BCUT2D eigenvalue weighted by molar-refractivity contribution is 5.78. The Morgan fingerprint density at radius 3 is 2.32 bits per heavy atom. The maximum atomic E-state index is 5.80. The summed E-state index contributed by atoms with van der Waals surface area (Å²) in [6.45, 7) is 0. The number of nitrogen functional groups attached to an aromatic ring is 2. The standard InChI is InChI=1S/C15H16N4/c16-12-6-1-3-8-14(12)18-10-5-11-19-15-9-4-2-7-13(15)17/h1-11,18H,16-17H2. The zero-order valence-corrected chi connectivity index (χ0v) is 10.5. The summed E-state index contributed by atoms with van der Waals surface area (Å²) in [5, 5.41) is 3.09. The molecule has 0 aliphatic heterocycles. The third-order valence-electron chi connectivity index (χ3n) is 2.53. The molecular formula is C15H16N4. The lowest BCUT2D eigenvalue weighted by Crippen LogP contribution is -1.93. The van der Waals surface area contributed by atoms with E-state index in [1.165, 1.54) is 0 Å². The van der Waals surface area contributed by atoms with Crippen molar-refractivity contribution in [3.8, 4) is 0 Å². The molecule has 2 rings (SSSR count). The van der Waals surface area contributed by atoms with Crippen LogP contribution in [0.4, 0.5) is 22.7 Å². The number of aliphatic imine (C=N–C) groups is 1. The molecule has 0 unspecified atom stereocenters. The topological polar surface area (TPSA) is 76.4 Å². The summed E-state index contributed by atoms with van der Waals surface area (Å²) in [5.74, 6) is 0. The van der Waals surface area contributed by atoms with Crippen LogP contribution < -0.4 is 16.8 Å². The molecule has 0 heterocycles. The van der Waals surface area contributed by atoms with Crippen molar-refractivity contribution >= 4 is 29.0 Å². The second-order valence-electron chi connectivity index (χ2n) is 3.93. The van der Waals surface area contributed by atoms with Crippen LogP contribution in [0.3, 0.4) is 0 Å². The smallest absolute Gasteiger partial charge is 0.0858 e. The highest BCUT2D eigenvalue weighted by Gasteiger charge is 1.92. The molecule has 0 amide bonds. The number of hydrogen-bond donors (Lipinski definition) is 3. The summed E-state index contributed by atoms with van der Waals surface area (Å²) in [7, 11) is 0. The second kappa shape index (κ2) is 6.26. The van der Waals surface area contributed by atoms with Crippen molar-refractivity contribution in [1.82, 2.24) is 0 Å². The molecule has 5 N–H and O–H groups in total. The molecule has 4 nitrogen and oxygen atoms in total. The zero-order valence-electron chi connectivity index (χ0n) is 10.5. The average molecular weight is 252 g/mol. The highest BCUT2D eigenvalue weighted by atomic mass is 14.9. The number of hydrogen-bond acceptors (Lipinski definition) is 4. The van der Waals surface area contributed by atoms with E-state index < -0.39 is 0 Å². The van der Waals surface area contributed by atoms with Crippen molar-refractivity contribution in [2.75, 3.05) is 16.8 Å². The molecule has 2 aromatic rings. The monoisotopic (exact) mass is 252 g/mol. The Balaban J connectivity index is 1.94. The van der Waals surface area contributed by atoms with Gasteiger partial charge in [-0.05, 0) is 30.3 Å². The van der Waals surface area contributed by atoms with E-state index in [2.05, 4.69) is 10.3 Å². The molecule has 0 spiro atoms. The van der Waals surface area contributed by atoms with Gasteiger partial charge in [0.05, 0.1) is 22.7 Å². The molecule has 0 radical (unpaired) electrons. The Hall–Kier alpha value is -2.75. The predicted molar refractivity (Wildman–Crippen MR) is 82.6 cm³/mol. The Morgan fingerprint density at radius 1 is 0.895 bits per heavy atom. The molecule has 0 aliphatic rings. The maximum Gasteiger partial charge on any atom is 0.0858 e. The van der Waals surface area contributed by atoms with Gasteiger partial charge in [-0.25, -0.2) is 0 Å². The van der Waals surface area contributed by atoms with Gasteiger partial charge in [-0.15, -0.1) is 0 Å². The first-order chi connectivity index (χ1) is 9.27. The van der Waals surface area contributed by atoms with Crippen molar-refractivity contribution in [1.29, 1.82) is 0 Å². The van der Waals surface area contributed by atoms with Crippen LogP contribution in [0.2, 0.25) is 0 Å². The first kappa shape index (κ1) is 12.7. The molecule has 0 atom stereocenters. The van der Waals surface area contributed by atoms with Crippen molar-refractivity contribution in [3.63, 3.8) is 0 Å². The third-order valence-corrected chi connectivity index (χ3v) is 2.53. The number of nitrogens with two attached hydrogens (primary N) is 2. The normalized spacial score (nSPS) is 11.2. The molecule has 0 fully saturated rings. The summed E-state index contributed by atoms with van der Waals surface area (Å²) in [5.41, 5.74) is 14.6. The van der Waals surface area contributed by atoms with Crippen LogP contribution in [0.5, 0.6) is 0 Å². The van der Waals surface area contributed by atoms with Gasteiger partial charge in [-0.1, -0.05) is 24.3 Å². The number of nitrogens with zero attached hydrogens (tertiary/aromatic N) is 1. The number of para-hydroxylation sites is 4. The number of benzene rings is 2. The summed E-state index contributed by atoms with van der Waals surface area (Å²) in [6, 6.07) is 15.0. The van der Waals surface area contributed by atoms with Crippen molar-refractivity contribution < 1.29 is 0 Å². The quantitative estimate of drug-likeness (QED) is 0.577. The molecular weight excluding hydrogens is 236 g/mol. The van der Waals surface area contributed by atoms with Gasteiger partial charge in [-0.3, -0.25) is 4.99 Å². The van der Waals surface area contributed by atoms with E-state index in [1.54, 1.807) is 18.5 Å². The van der Waals surface area contributed by atoms with Gasteiger partial charge in [0.15, 0.2) is 0 Å². The van der Waals surface area contributed by atoms with E-state index in [0.717, 1.165) is 11.4 Å². The van der Waals surface area contributed by atoms with Crippen LogP contribution in [0.1, 0.15) is 0 Å². The van der Waals surface area contributed by atoms with Crippen LogP contribution >= 0.6 is 0 Å². The number of rotatable bonds is 4. The SMILES string of the molecule is Nc1ccccc1N=CC=CNc1ccccc1N. The van der Waals surface area contributed by atoms with Crippen molar-refractivity contribution in [2.45, 2.75) is 0 Å². The number of nitrogens with one attached hydrogen (secondary N) is 1. The number of anilines is 3. The predicted octanol–water partition coefficient (Wildman–Crippen LogP) is 3.18. The lowest BCUT2D eigenvalue weighted by atomic mass is 10.3. The lowest BCUT2D eigenvalue weighted by Gasteiger charge is -2.03. The van der Waals surface area contributed by atoms with E-state index in [4.69, 9.17) is 11.5 Å². The third kappa shape index (κ3) is 3.61. The minimum atomic E-state index is 0.660. The number of allylic oxidation sites excluding steroid dienone is 1. The Kier molecular flexibility index (Phi) is 4.18. The van der Waals surface area contributed by atoms with Crippen LogP contribution in [0.15, 0.2) is 65.8 Å². The van der Waals surface area contributed by atoms with E-state index >= 15 is 0 Å². The molecule has 2 aromatic carbocycles. The van der Waals surface area contributed by atoms with Gasteiger partial charge in [0, 0.05) is 12.4 Å². The van der Waals surface area contributed by atoms with Gasteiger partial charge in [0.1, 0.15) is 0 Å². The molecule has 96 valence electrons. The van der Waals surface area contributed by atoms with E-state index in [9.17, 15) is 0 Å². The molecule has 0 aromatic heterocycles. The van der Waals surface area contributed by atoms with Gasteiger partial charge in [0.25, 0.3) is 0 Å². The van der Waals surface area contributed by atoms with Gasteiger partial charge < -0.3 is 16.8 Å². The van der Waals surface area contributed by atoms with E-state index in [-0.39, 0.29) is 0 Å². The van der Waals surface area contributed by atoms with Crippen molar-refractivity contribution in [3.05, 3.63) is 60.8 Å². The first-order valence-corrected chi connectivity index (χ1v) is 5.92. The van der Waals surface area contributed by atoms with Crippen LogP contribution in [-0.2, 0) is 0 Å². The first-order valence-electron chi connectivity index (χ1n) is 5.92. The molecule has 0 saturated carbocycles. The Morgan fingerprint density at radius 2 is 1.58 bits per heavy atom. The van der Waals surface area contributed by atoms with E-state index in [0.29, 0.717) is 11.4 Å². The summed E-state index contributed by atoms with van der Waals surface area (Å²) < 4.78 is 0. The molecule has 19 heavy (non-hydrogen) atoms. The van der Waals surface area contributed by atoms with Crippen LogP contribution in [0, 0.1) is 0 Å². The highest BCUT2D eigenvalue weighted by Crippen LogP contribution is 2.19. The van der Waals surface area contributed by atoms with Gasteiger partial charge >= 0.3 is 0 Å². The summed E-state index contributed by atoms with van der Waals surface area (Å²) >= 11 is 0. The molecule has 0 saturated heterocycles. The second-order valence-corrected chi connectivity index (χ2v) is 3.93. The van der Waals surface area contributed by atoms with Gasteiger partial charge in [-0.2, -0.15) is 0 Å². The largest absolute Gasteiger partial charge is 0.397 e. The Bertz CT molecular complexity index is 603. The zero-order chi connectivity index (χ0) is 13.5. The minimum absolute atomic E-state index is 0.660. The molecule has 0 aliphatic carbocycles. The fraction of sp³-hybridized carbons (Fsp3) is 0. The van der Waals surface area contributed by atoms with Crippen LogP contribution in [0.25, 0.3) is 0 Å². The fourth-order valence-electron chi connectivity index (χ4n) is 1.54. The van der Waals surface area contributed by atoms with Crippen molar-refractivity contribution in [2.24, 2.45) is 4.99 Å². The van der Waals surface area contributed by atoms with Crippen LogP contribution in [-0.4, -0.2) is 6.21 Å². The lowest BCUT2D eigenvalue weighted by molar-refractivity contribution is 1.53. The van der Waals surface area contributed by atoms with E-state index in [1.807, 2.05) is 48.5 Å². The average Bonchev–Trinajstić information content (AvgIpc) is 2.42. The fourth-order valence-corrected chi connectivity index (χ4v) is 1.54. The van der Waals surface area contributed by atoms with Gasteiger partial charge in [0.2, 0.25) is 0 Å². The summed E-state index contributed by atoms with van der Waals surface area (Å²) in [6.07, 6.45) is 5.24. The molecule has 0 bridgehead atoms. The Labute approximate surface area is 112 Å². The minimum Gasteiger partial charge on any atom is -0.397 e. The summed E-state index contributed by atoms with van der Waals surface area (Å²) in [4.78, 5) is 4.25. The maximum absolute atomic E-state index is 5.80.